The van der Waals surface area contributed by atoms with Gasteiger partial charge in [-0.15, -0.1) is 0 Å². The second-order valence-electron chi connectivity index (χ2n) is 4.28. The first-order chi connectivity index (χ1) is 6.02. The minimum atomic E-state index is 0.302. The van der Waals surface area contributed by atoms with Crippen molar-refractivity contribution in [3.05, 3.63) is 0 Å². The summed E-state index contributed by atoms with van der Waals surface area (Å²) in [4.78, 5) is 0. The van der Waals surface area contributed by atoms with E-state index in [1.165, 1.54) is 0 Å². The van der Waals surface area contributed by atoms with Gasteiger partial charge in [0.25, 0.3) is 0 Å². The monoisotopic (exact) mass is 252 g/mol. The van der Waals surface area contributed by atoms with Crippen molar-refractivity contribution < 1.29 is 9.47 Å². The van der Waals surface area contributed by atoms with E-state index in [0.717, 1.165) is 11.9 Å². The third-order valence-corrected chi connectivity index (χ3v) is 2.94. The van der Waals surface area contributed by atoms with Crippen LogP contribution in [0.3, 0.4) is 0 Å². The van der Waals surface area contributed by atoms with Crippen LogP contribution in [0.25, 0.3) is 0 Å². The van der Waals surface area contributed by atoms with Crippen molar-refractivity contribution in [2.45, 2.75) is 20.8 Å². The zero-order valence-electron chi connectivity index (χ0n) is 9.10. The Hall–Kier alpha value is 0.400. The molecule has 2 nitrogen and oxygen atoms in total. The fourth-order valence-electron chi connectivity index (χ4n) is 0.894. The van der Waals surface area contributed by atoms with Crippen LogP contribution < -0.4 is 0 Å². The average Bonchev–Trinajstić information content (AvgIpc) is 2.02. The molecular weight excluding hydrogens is 232 g/mol. The van der Waals surface area contributed by atoms with Crippen molar-refractivity contribution in [2.24, 2.45) is 11.3 Å². The predicted molar refractivity (Wildman–Crippen MR) is 59.4 cm³/mol. The first-order valence-electron chi connectivity index (χ1n) is 4.65. The molecule has 0 fully saturated rings. The molecular formula is C10H21BrO2. The van der Waals surface area contributed by atoms with Crippen molar-refractivity contribution in [3.8, 4) is 0 Å². The summed E-state index contributed by atoms with van der Waals surface area (Å²) in [7, 11) is 1.69. The Morgan fingerprint density at radius 1 is 1.23 bits per heavy atom. The van der Waals surface area contributed by atoms with Crippen LogP contribution >= 0.6 is 15.9 Å². The average molecular weight is 253 g/mol. The first-order valence-corrected chi connectivity index (χ1v) is 5.77. The highest BCUT2D eigenvalue weighted by molar-refractivity contribution is 9.09. The van der Waals surface area contributed by atoms with Gasteiger partial charge in [-0.25, -0.2) is 0 Å². The van der Waals surface area contributed by atoms with Gasteiger partial charge >= 0.3 is 0 Å². The molecule has 1 unspecified atom stereocenters. The van der Waals surface area contributed by atoms with Crippen molar-refractivity contribution >= 4 is 15.9 Å². The summed E-state index contributed by atoms with van der Waals surface area (Å²) >= 11 is 3.51. The van der Waals surface area contributed by atoms with Crippen molar-refractivity contribution in [1.82, 2.24) is 0 Å². The molecule has 3 heteroatoms. The highest BCUT2D eigenvalue weighted by Gasteiger charge is 2.23. The Bertz CT molecular complexity index is 121. The number of rotatable bonds is 6. The lowest BCUT2D eigenvalue weighted by atomic mass is 9.83. The SMILES string of the molecule is COCCOCC(CBr)C(C)(C)C. The van der Waals surface area contributed by atoms with E-state index in [1.807, 2.05) is 0 Å². The van der Waals surface area contributed by atoms with E-state index in [2.05, 4.69) is 36.7 Å². The molecule has 80 valence electrons. The third kappa shape index (κ3) is 6.47. The zero-order valence-corrected chi connectivity index (χ0v) is 10.7. The largest absolute Gasteiger partial charge is 0.382 e. The van der Waals surface area contributed by atoms with Crippen LogP contribution in [0.1, 0.15) is 20.8 Å². The number of methoxy groups -OCH3 is 1. The van der Waals surface area contributed by atoms with Gasteiger partial charge in [0.2, 0.25) is 0 Å². The lowest BCUT2D eigenvalue weighted by Crippen LogP contribution is -2.27. The quantitative estimate of drug-likeness (QED) is 0.535. The molecule has 0 aromatic heterocycles. The molecule has 13 heavy (non-hydrogen) atoms. The van der Waals surface area contributed by atoms with E-state index in [1.54, 1.807) is 7.11 Å². The Kier molecular flexibility index (Phi) is 7.00. The molecule has 0 heterocycles. The normalized spacial score (nSPS) is 14.5. The van der Waals surface area contributed by atoms with Gasteiger partial charge in [0.15, 0.2) is 0 Å². The molecule has 0 amide bonds. The minimum Gasteiger partial charge on any atom is -0.382 e. The molecule has 0 spiro atoms. The van der Waals surface area contributed by atoms with Crippen LogP contribution in [0.2, 0.25) is 0 Å². The highest BCUT2D eigenvalue weighted by Crippen LogP contribution is 2.27. The number of hydrogen-bond donors (Lipinski definition) is 0. The van der Waals surface area contributed by atoms with E-state index in [9.17, 15) is 0 Å². The van der Waals surface area contributed by atoms with Crippen LogP contribution in [0.5, 0.6) is 0 Å². The molecule has 0 N–H and O–H groups in total. The summed E-state index contributed by atoms with van der Waals surface area (Å²) in [5, 5.41) is 0.990. The van der Waals surface area contributed by atoms with Gasteiger partial charge in [-0.2, -0.15) is 0 Å². The van der Waals surface area contributed by atoms with Crippen LogP contribution in [-0.2, 0) is 9.47 Å². The molecule has 0 radical (unpaired) electrons. The fourth-order valence-corrected chi connectivity index (χ4v) is 2.05. The Morgan fingerprint density at radius 3 is 2.23 bits per heavy atom. The van der Waals surface area contributed by atoms with Crippen molar-refractivity contribution in [3.63, 3.8) is 0 Å². The molecule has 0 bridgehead atoms. The number of hydrogen-bond acceptors (Lipinski definition) is 2. The van der Waals surface area contributed by atoms with Gasteiger partial charge in [0.05, 0.1) is 19.8 Å². The lowest BCUT2D eigenvalue weighted by Gasteiger charge is -2.28. The third-order valence-electron chi connectivity index (χ3n) is 2.16. The zero-order chi connectivity index (χ0) is 10.3. The van der Waals surface area contributed by atoms with E-state index in [4.69, 9.17) is 9.47 Å². The molecule has 0 aliphatic rings. The van der Waals surface area contributed by atoms with Crippen LogP contribution in [-0.4, -0.2) is 32.3 Å². The standard InChI is InChI=1S/C10H21BrO2/c1-10(2,3)9(7-11)8-13-6-5-12-4/h9H,5-8H2,1-4H3. The van der Waals surface area contributed by atoms with E-state index >= 15 is 0 Å². The summed E-state index contributed by atoms with van der Waals surface area (Å²) in [5.41, 5.74) is 0.302. The summed E-state index contributed by atoms with van der Waals surface area (Å²) in [6.07, 6.45) is 0. The van der Waals surface area contributed by atoms with Crippen molar-refractivity contribution in [2.75, 3.05) is 32.3 Å². The number of alkyl halides is 1. The van der Waals surface area contributed by atoms with Crippen LogP contribution in [0, 0.1) is 11.3 Å². The maximum Gasteiger partial charge on any atom is 0.0700 e. The topological polar surface area (TPSA) is 18.5 Å². The second kappa shape index (κ2) is 6.80. The van der Waals surface area contributed by atoms with E-state index < -0.39 is 0 Å². The Morgan fingerprint density at radius 2 is 1.85 bits per heavy atom. The van der Waals surface area contributed by atoms with Crippen molar-refractivity contribution in [1.29, 1.82) is 0 Å². The Balaban J connectivity index is 3.61. The van der Waals surface area contributed by atoms with Gasteiger partial charge in [-0.1, -0.05) is 36.7 Å². The first kappa shape index (κ1) is 13.4. The maximum atomic E-state index is 5.50. The molecule has 0 rings (SSSR count). The van der Waals surface area contributed by atoms with Gasteiger partial charge in [0.1, 0.15) is 0 Å². The molecule has 0 saturated carbocycles. The van der Waals surface area contributed by atoms with E-state index in [-0.39, 0.29) is 0 Å². The van der Waals surface area contributed by atoms with Gasteiger partial charge < -0.3 is 9.47 Å². The summed E-state index contributed by atoms with van der Waals surface area (Å²) in [6.45, 7) is 8.88. The highest BCUT2D eigenvalue weighted by atomic mass is 79.9. The van der Waals surface area contributed by atoms with Gasteiger partial charge in [-0.3, -0.25) is 0 Å². The fraction of sp³-hybridized carbons (Fsp3) is 1.00. The number of halogens is 1. The van der Waals surface area contributed by atoms with E-state index in [0.29, 0.717) is 24.5 Å². The lowest BCUT2D eigenvalue weighted by molar-refractivity contribution is 0.0328. The molecule has 0 aliphatic carbocycles. The minimum absolute atomic E-state index is 0.302. The number of ether oxygens (including phenoxy) is 2. The molecule has 0 aromatic carbocycles. The molecule has 1 atom stereocenters. The maximum absolute atomic E-state index is 5.50. The van der Waals surface area contributed by atoms with Gasteiger partial charge in [0, 0.05) is 12.4 Å². The molecule has 0 aliphatic heterocycles. The Labute approximate surface area is 90.1 Å². The van der Waals surface area contributed by atoms with Gasteiger partial charge in [-0.05, 0) is 11.3 Å². The summed E-state index contributed by atoms with van der Waals surface area (Å²) in [6, 6.07) is 0. The summed E-state index contributed by atoms with van der Waals surface area (Å²) < 4.78 is 10.4. The molecule has 0 aromatic rings. The summed E-state index contributed by atoms with van der Waals surface area (Å²) in [5.74, 6) is 0.560. The van der Waals surface area contributed by atoms with Crippen LogP contribution in [0.15, 0.2) is 0 Å². The smallest absolute Gasteiger partial charge is 0.0700 e. The second-order valence-corrected chi connectivity index (χ2v) is 4.93. The predicted octanol–water partition coefficient (Wildman–Crippen LogP) is 2.71. The van der Waals surface area contributed by atoms with Crippen LogP contribution in [0.4, 0.5) is 0 Å². The molecule has 0 saturated heterocycles.